The molecule has 2 aliphatic rings. The van der Waals surface area contributed by atoms with Gasteiger partial charge in [0.05, 0.1) is 19.2 Å². The van der Waals surface area contributed by atoms with Gasteiger partial charge in [0.25, 0.3) is 0 Å². The summed E-state index contributed by atoms with van der Waals surface area (Å²) in [6.45, 7) is 5.19. The largest absolute Gasteiger partial charge is 0.360 e. The molecule has 0 unspecified atom stereocenters. The third kappa shape index (κ3) is 5.53. The molecule has 0 spiro atoms. The molecule has 1 aliphatic carbocycles. The third-order valence-electron chi connectivity index (χ3n) is 5.39. The Balaban J connectivity index is 1.38. The summed E-state index contributed by atoms with van der Waals surface area (Å²) in [5.74, 6) is 0.851. The number of nitriles is 1. The molecule has 2 N–H and O–H groups in total. The van der Waals surface area contributed by atoms with Gasteiger partial charge < -0.3 is 15.2 Å². The van der Waals surface area contributed by atoms with Gasteiger partial charge >= 0.3 is 0 Å². The quantitative estimate of drug-likeness (QED) is 0.743. The van der Waals surface area contributed by atoms with Gasteiger partial charge in [-0.1, -0.05) is 24.4 Å². The van der Waals surface area contributed by atoms with Crippen LogP contribution in [0.4, 0.5) is 5.82 Å². The Labute approximate surface area is 165 Å². The van der Waals surface area contributed by atoms with Crippen molar-refractivity contribution in [2.24, 2.45) is 0 Å². The number of rotatable bonds is 6. The van der Waals surface area contributed by atoms with Crippen LogP contribution in [0.2, 0.25) is 0 Å². The van der Waals surface area contributed by atoms with E-state index in [0.717, 1.165) is 32.1 Å². The zero-order valence-electron chi connectivity index (χ0n) is 16.4. The van der Waals surface area contributed by atoms with Gasteiger partial charge in [-0.15, -0.1) is 0 Å². The molecule has 1 aliphatic heterocycles. The van der Waals surface area contributed by atoms with Gasteiger partial charge in [0, 0.05) is 32.2 Å². The second kappa shape index (κ2) is 9.17. The summed E-state index contributed by atoms with van der Waals surface area (Å²) in [4.78, 5) is 28.6. The van der Waals surface area contributed by atoms with Crippen LogP contribution >= 0.6 is 0 Å². The van der Waals surface area contributed by atoms with Crippen LogP contribution in [0, 0.1) is 18.3 Å². The summed E-state index contributed by atoms with van der Waals surface area (Å²) < 4.78 is 4.93. The molecule has 0 atom stereocenters. The average molecular weight is 388 g/mol. The fraction of sp³-hybridized carbons (Fsp3) is 0.684. The first-order chi connectivity index (χ1) is 13.5. The number of piperazine rings is 1. The average Bonchev–Trinajstić information content (AvgIpc) is 3.08. The highest BCUT2D eigenvalue weighted by Gasteiger charge is 2.34. The normalized spacial score (nSPS) is 20.3. The summed E-state index contributed by atoms with van der Waals surface area (Å²) >= 11 is 0. The number of aryl methyl sites for hydroxylation is 1. The van der Waals surface area contributed by atoms with E-state index in [2.05, 4.69) is 31.7 Å². The molecule has 2 heterocycles. The molecule has 9 heteroatoms. The molecule has 1 aromatic heterocycles. The van der Waals surface area contributed by atoms with Crippen LogP contribution in [-0.2, 0) is 9.59 Å². The van der Waals surface area contributed by atoms with Crippen LogP contribution in [0.5, 0.6) is 0 Å². The minimum atomic E-state index is -0.686. The molecule has 28 heavy (non-hydrogen) atoms. The molecule has 9 nitrogen and oxygen atoms in total. The third-order valence-corrected chi connectivity index (χ3v) is 5.39. The van der Waals surface area contributed by atoms with Crippen molar-refractivity contribution in [2.45, 2.75) is 44.6 Å². The summed E-state index contributed by atoms with van der Waals surface area (Å²) in [7, 11) is 0. The first-order valence-corrected chi connectivity index (χ1v) is 9.88. The molecular formula is C19H28N6O3. The molecule has 2 amide bonds. The van der Waals surface area contributed by atoms with Gasteiger partial charge in [0.15, 0.2) is 5.82 Å². The highest BCUT2D eigenvalue weighted by atomic mass is 16.5. The SMILES string of the molecule is Cc1cc(NC(=O)CN2CCN(CC(=O)NC3(C#N)CCCCC3)CC2)no1. The maximum Gasteiger partial charge on any atom is 0.239 e. The number of nitrogens with zero attached hydrogens (tertiary/aromatic N) is 4. The van der Waals surface area contributed by atoms with Crippen molar-refractivity contribution in [1.82, 2.24) is 20.3 Å². The first kappa shape index (κ1) is 20.3. The number of aromatic nitrogens is 1. The van der Waals surface area contributed by atoms with Crippen LogP contribution in [0.3, 0.4) is 0 Å². The number of anilines is 1. The van der Waals surface area contributed by atoms with Gasteiger partial charge in [-0.3, -0.25) is 19.4 Å². The molecule has 3 rings (SSSR count). The number of hydrogen-bond donors (Lipinski definition) is 2. The van der Waals surface area contributed by atoms with E-state index in [0.29, 0.717) is 44.3 Å². The number of hydrogen-bond acceptors (Lipinski definition) is 7. The Morgan fingerprint density at radius 1 is 1.14 bits per heavy atom. The van der Waals surface area contributed by atoms with E-state index >= 15 is 0 Å². The molecule has 0 aromatic carbocycles. The summed E-state index contributed by atoms with van der Waals surface area (Å²) in [5.41, 5.74) is -0.686. The molecule has 0 bridgehead atoms. The Morgan fingerprint density at radius 2 is 1.75 bits per heavy atom. The number of carbonyl (C=O) groups excluding carboxylic acids is 2. The van der Waals surface area contributed by atoms with Crippen molar-refractivity contribution in [3.8, 4) is 6.07 Å². The Hall–Kier alpha value is -2.44. The molecule has 1 aromatic rings. The summed E-state index contributed by atoms with van der Waals surface area (Å²) in [5, 5.41) is 18.9. The van der Waals surface area contributed by atoms with E-state index in [1.807, 2.05) is 0 Å². The highest BCUT2D eigenvalue weighted by molar-refractivity contribution is 5.91. The second-order valence-electron chi connectivity index (χ2n) is 7.73. The van der Waals surface area contributed by atoms with Gasteiger partial charge in [-0.2, -0.15) is 5.26 Å². The lowest BCUT2D eigenvalue weighted by Crippen LogP contribution is -2.54. The first-order valence-electron chi connectivity index (χ1n) is 9.88. The maximum atomic E-state index is 12.4. The Bertz CT molecular complexity index is 726. The zero-order valence-corrected chi connectivity index (χ0v) is 16.4. The fourth-order valence-electron chi connectivity index (χ4n) is 3.85. The van der Waals surface area contributed by atoms with Crippen LogP contribution in [0.25, 0.3) is 0 Å². The van der Waals surface area contributed by atoms with Gasteiger partial charge in [0.1, 0.15) is 11.3 Å². The van der Waals surface area contributed by atoms with E-state index in [1.165, 1.54) is 0 Å². The lowest BCUT2D eigenvalue weighted by molar-refractivity contribution is -0.125. The number of amides is 2. The van der Waals surface area contributed by atoms with Crippen LogP contribution in [0.15, 0.2) is 10.6 Å². The van der Waals surface area contributed by atoms with E-state index in [1.54, 1.807) is 13.0 Å². The monoisotopic (exact) mass is 388 g/mol. The lowest BCUT2D eigenvalue weighted by atomic mass is 9.83. The molecule has 0 radical (unpaired) electrons. The minimum absolute atomic E-state index is 0.0870. The standard InChI is InChI=1S/C19H28N6O3/c1-15-11-16(23-28-15)21-17(26)12-24-7-9-25(10-8-24)13-18(27)22-19(14-20)5-3-2-4-6-19/h11H,2-10,12-13H2,1H3,(H,22,27)(H,21,23,26). The predicted molar refractivity (Wildman–Crippen MR) is 102 cm³/mol. The summed E-state index contributed by atoms with van der Waals surface area (Å²) in [6.07, 6.45) is 4.59. The zero-order chi connectivity index (χ0) is 20.0. The van der Waals surface area contributed by atoms with Crippen LogP contribution < -0.4 is 10.6 Å². The van der Waals surface area contributed by atoms with Crippen molar-refractivity contribution in [3.63, 3.8) is 0 Å². The smallest absolute Gasteiger partial charge is 0.239 e. The van der Waals surface area contributed by atoms with Crippen molar-refractivity contribution < 1.29 is 14.1 Å². The fourth-order valence-corrected chi connectivity index (χ4v) is 3.85. The maximum absolute atomic E-state index is 12.4. The van der Waals surface area contributed by atoms with E-state index < -0.39 is 5.54 Å². The van der Waals surface area contributed by atoms with E-state index in [9.17, 15) is 14.9 Å². The molecular weight excluding hydrogens is 360 g/mol. The Kier molecular flexibility index (Phi) is 6.65. The molecule has 2 fully saturated rings. The minimum Gasteiger partial charge on any atom is -0.360 e. The van der Waals surface area contributed by atoms with Crippen molar-refractivity contribution in [1.29, 1.82) is 5.26 Å². The summed E-state index contributed by atoms with van der Waals surface area (Å²) in [6, 6.07) is 4.00. The van der Waals surface area contributed by atoms with Crippen LogP contribution in [0.1, 0.15) is 37.9 Å². The highest BCUT2D eigenvalue weighted by Crippen LogP contribution is 2.27. The van der Waals surface area contributed by atoms with Crippen LogP contribution in [-0.4, -0.2) is 71.6 Å². The van der Waals surface area contributed by atoms with Crippen molar-refractivity contribution in [3.05, 3.63) is 11.8 Å². The molecule has 1 saturated heterocycles. The van der Waals surface area contributed by atoms with Crippen molar-refractivity contribution >= 4 is 17.6 Å². The van der Waals surface area contributed by atoms with Gasteiger partial charge in [-0.05, 0) is 19.8 Å². The Morgan fingerprint density at radius 3 is 2.29 bits per heavy atom. The topological polar surface area (TPSA) is 114 Å². The van der Waals surface area contributed by atoms with Gasteiger partial charge in [-0.25, -0.2) is 0 Å². The second-order valence-corrected chi connectivity index (χ2v) is 7.73. The number of nitrogens with one attached hydrogen (secondary N) is 2. The molecule has 152 valence electrons. The van der Waals surface area contributed by atoms with E-state index in [-0.39, 0.29) is 18.4 Å². The lowest BCUT2D eigenvalue weighted by Gasteiger charge is -2.35. The number of carbonyl (C=O) groups is 2. The van der Waals surface area contributed by atoms with E-state index in [4.69, 9.17) is 4.52 Å². The van der Waals surface area contributed by atoms with Gasteiger partial charge in [0.2, 0.25) is 11.8 Å². The van der Waals surface area contributed by atoms with Crippen molar-refractivity contribution in [2.75, 3.05) is 44.6 Å². The predicted octanol–water partition coefficient (Wildman–Crippen LogP) is 0.882. The molecule has 1 saturated carbocycles.